The lowest BCUT2D eigenvalue weighted by atomic mass is 10.2. The van der Waals surface area contributed by atoms with Crippen LogP contribution in [-0.4, -0.2) is 23.5 Å². The molecule has 0 bridgehead atoms. The van der Waals surface area contributed by atoms with Gasteiger partial charge < -0.3 is 9.64 Å². The molecule has 1 aliphatic rings. The molecule has 1 aliphatic heterocycles. The maximum Gasteiger partial charge on any atom is 0.223 e. The predicted molar refractivity (Wildman–Crippen MR) is 46.3 cm³/mol. The van der Waals surface area contributed by atoms with Crippen LogP contribution in [0.1, 0.15) is 27.2 Å². The van der Waals surface area contributed by atoms with E-state index in [1.807, 2.05) is 6.92 Å². The molecule has 1 amide bonds. The number of allylic oxidation sites excluding steroid dienone is 1. The Morgan fingerprint density at radius 3 is 3.00 bits per heavy atom. The molecule has 0 spiro atoms. The number of nitrogens with zero attached hydrogens (tertiary/aromatic N) is 1. The number of hydrogen-bond donors (Lipinski definition) is 0. The Labute approximate surface area is 73.0 Å². The molecule has 0 N–H and O–H groups in total. The van der Waals surface area contributed by atoms with Crippen molar-refractivity contribution >= 4 is 5.91 Å². The molecular formula is C9H15NO2. The average Bonchev–Trinajstić information content (AvgIpc) is 2.04. The zero-order chi connectivity index (χ0) is 9.14. The third-order valence-corrected chi connectivity index (χ3v) is 2.05. The van der Waals surface area contributed by atoms with Crippen molar-refractivity contribution in [2.45, 2.75) is 33.2 Å². The number of carbonyl (C=O) groups excluding carboxylic acids is 1. The van der Waals surface area contributed by atoms with Gasteiger partial charge in [0.2, 0.25) is 5.91 Å². The van der Waals surface area contributed by atoms with Crippen molar-refractivity contribution in [1.82, 2.24) is 4.90 Å². The molecule has 12 heavy (non-hydrogen) atoms. The summed E-state index contributed by atoms with van der Waals surface area (Å²) >= 11 is 0. The average molecular weight is 169 g/mol. The third kappa shape index (κ3) is 1.78. The first-order chi connectivity index (χ1) is 5.65. The fourth-order valence-corrected chi connectivity index (χ4v) is 1.31. The molecule has 0 aromatic carbocycles. The minimum absolute atomic E-state index is 0.0875. The van der Waals surface area contributed by atoms with E-state index in [1.165, 1.54) is 0 Å². The fraction of sp³-hybridized carbons (Fsp3) is 0.667. The molecule has 3 heteroatoms. The van der Waals surface area contributed by atoms with Gasteiger partial charge in [-0.05, 0) is 13.3 Å². The van der Waals surface area contributed by atoms with E-state index in [-0.39, 0.29) is 11.9 Å². The van der Waals surface area contributed by atoms with Crippen molar-refractivity contribution in [3.8, 4) is 0 Å². The summed E-state index contributed by atoms with van der Waals surface area (Å²) in [4.78, 5) is 12.9. The van der Waals surface area contributed by atoms with Gasteiger partial charge in [0, 0.05) is 13.1 Å². The Morgan fingerprint density at radius 2 is 2.50 bits per heavy atom. The summed E-state index contributed by atoms with van der Waals surface area (Å²) < 4.78 is 5.33. The van der Waals surface area contributed by atoms with Gasteiger partial charge in [0.25, 0.3) is 0 Å². The second-order valence-electron chi connectivity index (χ2n) is 3.04. The fourth-order valence-electron chi connectivity index (χ4n) is 1.31. The summed E-state index contributed by atoms with van der Waals surface area (Å²) in [5.41, 5.74) is 0. The Hall–Kier alpha value is -0.990. The Kier molecular flexibility index (Phi) is 2.74. The van der Waals surface area contributed by atoms with E-state index in [4.69, 9.17) is 4.74 Å². The van der Waals surface area contributed by atoms with E-state index >= 15 is 0 Å². The van der Waals surface area contributed by atoms with Gasteiger partial charge in [-0.2, -0.15) is 0 Å². The monoisotopic (exact) mass is 169 g/mol. The zero-order valence-corrected chi connectivity index (χ0v) is 7.83. The van der Waals surface area contributed by atoms with Gasteiger partial charge in [-0.1, -0.05) is 6.92 Å². The van der Waals surface area contributed by atoms with E-state index in [0.717, 1.165) is 12.2 Å². The summed E-state index contributed by atoms with van der Waals surface area (Å²) in [6, 6.07) is 0.214. The molecule has 0 fully saturated rings. The zero-order valence-electron chi connectivity index (χ0n) is 7.83. The molecule has 0 saturated heterocycles. The lowest BCUT2D eigenvalue weighted by molar-refractivity contribution is -0.130. The van der Waals surface area contributed by atoms with Crippen LogP contribution in [0.15, 0.2) is 12.0 Å². The molecule has 1 heterocycles. The molecule has 1 rings (SSSR count). The highest BCUT2D eigenvalue weighted by Gasteiger charge is 2.22. The molecule has 1 atom stereocenters. The lowest BCUT2D eigenvalue weighted by Crippen LogP contribution is -2.40. The maximum absolute atomic E-state index is 11.1. The molecule has 0 aliphatic carbocycles. The van der Waals surface area contributed by atoms with E-state index in [0.29, 0.717) is 6.61 Å². The Morgan fingerprint density at radius 1 is 1.83 bits per heavy atom. The molecule has 0 saturated carbocycles. The minimum Gasteiger partial charge on any atom is -0.495 e. The van der Waals surface area contributed by atoms with Crippen molar-refractivity contribution in [3.63, 3.8) is 0 Å². The SMILES string of the molecule is CC[C@H]1COC(C)=CN1C(C)=O. The predicted octanol–water partition coefficient (Wildman–Crippen LogP) is 1.50. The van der Waals surface area contributed by atoms with Crippen LogP contribution in [0.2, 0.25) is 0 Å². The molecular weight excluding hydrogens is 154 g/mol. The number of amides is 1. The van der Waals surface area contributed by atoms with Gasteiger partial charge in [0.05, 0.1) is 6.04 Å². The summed E-state index contributed by atoms with van der Waals surface area (Å²) in [6.45, 7) is 6.12. The van der Waals surface area contributed by atoms with Crippen molar-refractivity contribution in [2.24, 2.45) is 0 Å². The highest BCUT2D eigenvalue weighted by molar-refractivity contribution is 5.74. The normalized spacial score (nSPS) is 23.1. The Bertz CT molecular complexity index is 211. The number of ether oxygens (including phenoxy) is 1. The summed E-state index contributed by atoms with van der Waals surface area (Å²) in [6.07, 6.45) is 2.71. The highest BCUT2D eigenvalue weighted by atomic mass is 16.5. The van der Waals surface area contributed by atoms with Gasteiger partial charge in [-0.25, -0.2) is 0 Å². The van der Waals surface area contributed by atoms with Crippen LogP contribution >= 0.6 is 0 Å². The standard InChI is InChI=1S/C9H15NO2/c1-4-9-6-12-7(2)5-10(9)8(3)11/h5,9H,4,6H2,1-3H3/t9-/m0/s1. The van der Waals surface area contributed by atoms with Crippen LogP contribution in [0.25, 0.3) is 0 Å². The molecule has 0 unspecified atom stereocenters. The first-order valence-electron chi connectivity index (χ1n) is 4.25. The summed E-state index contributed by atoms with van der Waals surface area (Å²) in [7, 11) is 0. The van der Waals surface area contributed by atoms with Gasteiger partial charge in [-0.15, -0.1) is 0 Å². The number of carbonyl (C=O) groups is 1. The minimum atomic E-state index is 0.0875. The summed E-state index contributed by atoms with van der Waals surface area (Å²) in [5, 5.41) is 0. The maximum atomic E-state index is 11.1. The Balaban J connectivity index is 2.75. The number of rotatable bonds is 1. The topological polar surface area (TPSA) is 29.5 Å². The second-order valence-corrected chi connectivity index (χ2v) is 3.04. The van der Waals surface area contributed by atoms with Crippen LogP contribution in [0.3, 0.4) is 0 Å². The van der Waals surface area contributed by atoms with Gasteiger partial charge in [0.15, 0.2) is 0 Å². The van der Waals surface area contributed by atoms with Crippen LogP contribution in [-0.2, 0) is 9.53 Å². The second kappa shape index (κ2) is 3.61. The first-order valence-corrected chi connectivity index (χ1v) is 4.25. The van der Waals surface area contributed by atoms with E-state index in [9.17, 15) is 4.79 Å². The van der Waals surface area contributed by atoms with E-state index in [1.54, 1.807) is 18.0 Å². The van der Waals surface area contributed by atoms with Gasteiger partial charge in [0.1, 0.15) is 12.4 Å². The van der Waals surface area contributed by atoms with Crippen molar-refractivity contribution < 1.29 is 9.53 Å². The molecule has 68 valence electrons. The third-order valence-electron chi connectivity index (χ3n) is 2.05. The smallest absolute Gasteiger partial charge is 0.223 e. The van der Waals surface area contributed by atoms with Crippen LogP contribution < -0.4 is 0 Å². The molecule has 0 aromatic heterocycles. The van der Waals surface area contributed by atoms with E-state index in [2.05, 4.69) is 6.92 Å². The molecule has 0 aromatic rings. The van der Waals surface area contributed by atoms with Crippen LogP contribution in [0.5, 0.6) is 0 Å². The first kappa shape index (κ1) is 9.10. The number of hydrogen-bond acceptors (Lipinski definition) is 2. The quantitative estimate of drug-likeness (QED) is 0.595. The van der Waals surface area contributed by atoms with Gasteiger partial charge >= 0.3 is 0 Å². The van der Waals surface area contributed by atoms with Gasteiger partial charge in [-0.3, -0.25) is 4.79 Å². The molecule has 0 radical (unpaired) electrons. The van der Waals surface area contributed by atoms with Crippen LogP contribution in [0, 0.1) is 0 Å². The van der Waals surface area contributed by atoms with Crippen molar-refractivity contribution in [2.75, 3.05) is 6.61 Å². The van der Waals surface area contributed by atoms with E-state index < -0.39 is 0 Å². The largest absolute Gasteiger partial charge is 0.495 e. The van der Waals surface area contributed by atoms with Crippen molar-refractivity contribution in [1.29, 1.82) is 0 Å². The lowest BCUT2D eigenvalue weighted by Gasteiger charge is -2.31. The highest BCUT2D eigenvalue weighted by Crippen LogP contribution is 2.15. The summed E-state index contributed by atoms with van der Waals surface area (Å²) in [5.74, 6) is 0.902. The molecule has 3 nitrogen and oxygen atoms in total. The van der Waals surface area contributed by atoms with Crippen LogP contribution in [0.4, 0.5) is 0 Å². The van der Waals surface area contributed by atoms with Crippen molar-refractivity contribution in [3.05, 3.63) is 12.0 Å².